The lowest BCUT2D eigenvalue weighted by molar-refractivity contribution is 0.414. The van der Waals surface area contributed by atoms with Crippen LogP contribution in [-0.2, 0) is 6.54 Å². The third-order valence-electron chi connectivity index (χ3n) is 2.53. The van der Waals surface area contributed by atoms with Crippen LogP contribution in [0.2, 0.25) is 0 Å². The molecule has 0 unspecified atom stereocenters. The lowest BCUT2D eigenvalue weighted by atomic mass is 10.2. The number of nitrogens with zero attached hydrogens (tertiary/aromatic N) is 1. The number of hydrogen-bond donors (Lipinski definition) is 1. The molecule has 0 aliphatic rings. The van der Waals surface area contributed by atoms with Gasteiger partial charge in [-0.15, -0.1) is 0 Å². The van der Waals surface area contributed by atoms with Crippen molar-refractivity contribution in [2.24, 2.45) is 0 Å². The molecular weight excluding hydrogens is 216 g/mol. The molecule has 4 nitrogen and oxygen atoms in total. The first kappa shape index (κ1) is 11.3. The molecular formula is C13H14N2O2. The number of nitrogen functional groups attached to an aromatic ring is 1. The molecule has 88 valence electrons. The van der Waals surface area contributed by atoms with Gasteiger partial charge in [-0.1, -0.05) is 12.1 Å². The molecule has 1 heterocycles. The first-order valence-corrected chi connectivity index (χ1v) is 5.27. The zero-order valence-electron chi connectivity index (χ0n) is 9.59. The lowest BCUT2D eigenvalue weighted by Crippen LogP contribution is -2.11. The van der Waals surface area contributed by atoms with E-state index in [4.69, 9.17) is 10.5 Å². The van der Waals surface area contributed by atoms with Crippen molar-refractivity contribution in [2.45, 2.75) is 6.54 Å². The molecule has 0 amide bonds. The first-order valence-electron chi connectivity index (χ1n) is 5.27. The average Bonchev–Trinajstić information content (AvgIpc) is 2.35. The summed E-state index contributed by atoms with van der Waals surface area (Å²) >= 11 is 0. The van der Waals surface area contributed by atoms with Crippen molar-refractivity contribution in [3.05, 3.63) is 58.5 Å². The second kappa shape index (κ2) is 4.74. The number of benzene rings is 1. The van der Waals surface area contributed by atoms with Gasteiger partial charge in [0.15, 0.2) is 0 Å². The molecule has 0 atom stereocenters. The number of anilines is 1. The molecule has 4 heteroatoms. The van der Waals surface area contributed by atoms with E-state index in [0.717, 1.165) is 11.3 Å². The number of ether oxygens (including phenoxy) is 1. The number of methoxy groups -OCH3 is 1. The van der Waals surface area contributed by atoms with Crippen LogP contribution in [0, 0.1) is 0 Å². The van der Waals surface area contributed by atoms with Crippen molar-refractivity contribution in [2.75, 3.05) is 12.8 Å². The molecule has 0 spiro atoms. The standard InChI is InChI=1S/C13H14N2O2/c1-17-11-4-2-10(3-5-11)8-15-7-6-13(16)12(14)9-15/h2-7,9H,8,14H2,1H3. The van der Waals surface area contributed by atoms with Crippen LogP contribution in [0.25, 0.3) is 0 Å². The van der Waals surface area contributed by atoms with Gasteiger partial charge in [0.25, 0.3) is 0 Å². The summed E-state index contributed by atoms with van der Waals surface area (Å²) in [5.74, 6) is 0.827. The fourth-order valence-electron chi connectivity index (χ4n) is 1.59. The summed E-state index contributed by atoms with van der Waals surface area (Å²) in [6.45, 7) is 0.675. The van der Waals surface area contributed by atoms with Crippen molar-refractivity contribution in [1.82, 2.24) is 4.57 Å². The summed E-state index contributed by atoms with van der Waals surface area (Å²) in [5, 5.41) is 0. The van der Waals surface area contributed by atoms with E-state index >= 15 is 0 Å². The molecule has 0 fully saturated rings. The van der Waals surface area contributed by atoms with Gasteiger partial charge in [0.1, 0.15) is 5.75 Å². The molecule has 0 aliphatic carbocycles. The summed E-state index contributed by atoms with van der Waals surface area (Å²) < 4.78 is 6.96. The molecule has 2 rings (SSSR count). The Morgan fingerprint density at radius 2 is 1.94 bits per heavy atom. The fraction of sp³-hybridized carbons (Fsp3) is 0.154. The van der Waals surface area contributed by atoms with Crippen molar-refractivity contribution < 1.29 is 4.74 Å². The van der Waals surface area contributed by atoms with Crippen LogP contribution in [0.5, 0.6) is 5.75 Å². The zero-order valence-corrected chi connectivity index (χ0v) is 9.59. The molecule has 0 saturated heterocycles. The second-order valence-electron chi connectivity index (χ2n) is 3.78. The number of rotatable bonds is 3. The van der Waals surface area contributed by atoms with E-state index in [1.165, 1.54) is 6.07 Å². The quantitative estimate of drug-likeness (QED) is 0.869. The molecule has 1 aromatic carbocycles. The Balaban J connectivity index is 2.19. The molecule has 0 radical (unpaired) electrons. The number of nitrogens with two attached hydrogens (primary N) is 1. The molecule has 0 saturated carbocycles. The highest BCUT2D eigenvalue weighted by atomic mass is 16.5. The minimum atomic E-state index is -0.143. The van der Waals surface area contributed by atoms with Gasteiger partial charge in [-0.2, -0.15) is 0 Å². The van der Waals surface area contributed by atoms with Crippen LogP contribution in [0.4, 0.5) is 5.69 Å². The summed E-state index contributed by atoms with van der Waals surface area (Å²) in [4.78, 5) is 11.2. The molecule has 2 N–H and O–H groups in total. The van der Waals surface area contributed by atoms with Crippen molar-refractivity contribution in [3.63, 3.8) is 0 Å². The Bertz CT molecular complexity index is 558. The van der Waals surface area contributed by atoms with Crippen LogP contribution in [-0.4, -0.2) is 11.7 Å². The predicted octanol–water partition coefficient (Wildman–Crippen LogP) is 1.49. The molecule has 0 bridgehead atoms. The predicted molar refractivity (Wildman–Crippen MR) is 67.2 cm³/mol. The van der Waals surface area contributed by atoms with Gasteiger partial charge >= 0.3 is 0 Å². The van der Waals surface area contributed by atoms with E-state index in [2.05, 4.69) is 0 Å². The Hall–Kier alpha value is -2.23. The van der Waals surface area contributed by atoms with E-state index in [1.54, 1.807) is 19.5 Å². The van der Waals surface area contributed by atoms with E-state index in [-0.39, 0.29) is 11.1 Å². The minimum Gasteiger partial charge on any atom is -0.497 e. The second-order valence-corrected chi connectivity index (χ2v) is 3.78. The van der Waals surface area contributed by atoms with Crippen LogP contribution in [0.3, 0.4) is 0 Å². The van der Waals surface area contributed by atoms with Gasteiger partial charge in [0.2, 0.25) is 5.43 Å². The molecule has 0 aliphatic heterocycles. The van der Waals surface area contributed by atoms with Gasteiger partial charge in [-0.25, -0.2) is 0 Å². The molecule has 1 aromatic heterocycles. The maximum Gasteiger partial charge on any atom is 0.204 e. The van der Waals surface area contributed by atoms with Crippen molar-refractivity contribution in [3.8, 4) is 5.75 Å². The summed E-state index contributed by atoms with van der Waals surface area (Å²) in [7, 11) is 1.64. The van der Waals surface area contributed by atoms with Gasteiger partial charge in [0, 0.05) is 25.0 Å². The van der Waals surface area contributed by atoms with Crippen molar-refractivity contribution >= 4 is 5.69 Å². The Labute approximate surface area is 99.3 Å². The Morgan fingerprint density at radius 3 is 2.53 bits per heavy atom. The smallest absolute Gasteiger partial charge is 0.204 e. The fourth-order valence-corrected chi connectivity index (χ4v) is 1.59. The molecule has 2 aromatic rings. The van der Waals surface area contributed by atoms with Gasteiger partial charge in [-0.05, 0) is 17.7 Å². The van der Waals surface area contributed by atoms with Gasteiger partial charge in [-0.3, -0.25) is 4.79 Å². The largest absolute Gasteiger partial charge is 0.497 e. The first-order chi connectivity index (χ1) is 8.19. The SMILES string of the molecule is COc1ccc(Cn2ccc(=O)c(N)c2)cc1. The maximum absolute atomic E-state index is 11.2. The number of pyridine rings is 1. The van der Waals surface area contributed by atoms with E-state index < -0.39 is 0 Å². The lowest BCUT2D eigenvalue weighted by Gasteiger charge is -2.07. The zero-order chi connectivity index (χ0) is 12.3. The highest BCUT2D eigenvalue weighted by Crippen LogP contribution is 2.12. The normalized spacial score (nSPS) is 10.2. The third-order valence-corrected chi connectivity index (χ3v) is 2.53. The summed E-state index contributed by atoms with van der Waals surface area (Å²) in [5.41, 5.74) is 6.81. The Kier molecular flexibility index (Phi) is 3.14. The minimum absolute atomic E-state index is 0.143. The van der Waals surface area contributed by atoms with E-state index in [0.29, 0.717) is 6.54 Å². The van der Waals surface area contributed by atoms with Gasteiger partial charge in [0.05, 0.1) is 12.8 Å². The average molecular weight is 230 g/mol. The summed E-state index contributed by atoms with van der Waals surface area (Å²) in [6.07, 6.45) is 3.37. The Morgan fingerprint density at radius 1 is 1.24 bits per heavy atom. The highest BCUT2D eigenvalue weighted by molar-refractivity contribution is 5.34. The molecule has 17 heavy (non-hydrogen) atoms. The van der Waals surface area contributed by atoms with Gasteiger partial charge < -0.3 is 15.0 Å². The topological polar surface area (TPSA) is 57.2 Å². The van der Waals surface area contributed by atoms with Crippen molar-refractivity contribution in [1.29, 1.82) is 0 Å². The van der Waals surface area contributed by atoms with Crippen LogP contribution in [0.15, 0.2) is 47.5 Å². The number of hydrogen-bond acceptors (Lipinski definition) is 3. The van der Waals surface area contributed by atoms with Crippen LogP contribution >= 0.6 is 0 Å². The third kappa shape index (κ3) is 2.66. The van der Waals surface area contributed by atoms with Crippen LogP contribution in [0.1, 0.15) is 5.56 Å². The monoisotopic (exact) mass is 230 g/mol. The number of aromatic nitrogens is 1. The van der Waals surface area contributed by atoms with E-state index in [1.807, 2.05) is 28.8 Å². The van der Waals surface area contributed by atoms with Crippen LogP contribution < -0.4 is 15.9 Å². The summed E-state index contributed by atoms with van der Waals surface area (Å²) in [6, 6.07) is 9.24. The highest BCUT2D eigenvalue weighted by Gasteiger charge is 1.98. The maximum atomic E-state index is 11.2. The van der Waals surface area contributed by atoms with E-state index in [9.17, 15) is 4.79 Å².